The van der Waals surface area contributed by atoms with Gasteiger partial charge in [-0.25, -0.2) is 4.90 Å². The van der Waals surface area contributed by atoms with Gasteiger partial charge in [0.1, 0.15) is 5.54 Å². The molecular weight excluding hydrogens is 449 g/mol. The number of carbonyl (C=O) groups excluding carboxylic acids is 3. The van der Waals surface area contributed by atoms with Crippen LogP contribution in [-0.4, -0.2) is 35.2 Å². The molecule has 3 saturated heterocycles. The molecule has 3 amide bonds. The summed E-state index contributed by atoms with van der Waals surface area (Å²) in [6.07, 6.45) is 1.65. The van der Waals surface area contributed by atoms with Crippen molar-refractivity contribution in [3.05, 3.63) is 57.1 Å². The molecule has 2 aromatic carbocycles. The lowest BCUT2D eigenvalue weighted by molar-refractivity contribution is -0.135. The highest BCUT2D eigenvalue weighted by atomic mass is 35.5. The average molecular weight is 470 g/mol. The van der Waals surface area contributed by atoms with Gasteiger partial charge in [-0.15, -0.1) is 0 Å². The third-order valence-corrected chi connectivity index (χ3v) is 8.66. The highest BCUT2D eigenvalue weighted by Crippen LogP contribution is 2.61. The number of halogens is 2. The summed E-state index contributed by atoms with van der Waals surface area (Å²) in [5.74, 6) is -2.19. The Morgan fingerprint density at radius 2 is 1.75 bits per heavy atom. The number of carbonyl (C=O) groups is 3. The van der Waals surface area contributed by atoms with Crippen molar-refractivity contribution in [2.24, 2.45) is 11.8 Å². The van der Waals surface area contributed by atoms with Crippen LogP contribution in [0.1, 0.15) is 29.5 Å². The molecule has 0 bridgehead atoms. The Morgan fingerprint density at radius 3 is 2.53 bits per heavy atom. The number of nitrogens with zero attached hydrogens (tertiary/aromatic N) is 2. The van der Waals surface area contributed by atoms with Crippen molar-refractivity contribution in [2.75, 3.05) is 16.8 Å². The van der Waals surface area contributed by atoms with Gasteiger partial charge in [-0.05, 0) is 62.6 Å². The second-order valence-corrected chi connectivity index (χ2v) is 9.93. The number of amides is 3. The van der Waals surface area contributed by atoms with Gasteiger partial charge in [0.25, 0.3) is 0 Å². The van der Waals surface area contributed by atoms with Gasteiger partial charge in [0, 0.05) is 21.7 Å². The maximum absolute atomic E-state index is 14.0. The van der Waals surface area contributed by atoms with Crippen LogP contribution in [0.2, 0.25) is 10.0 Å². The number of hydrogen-bond acceptors (Lipinski definition) is 4. The normalized spacial score (nSPS) is 30.8. The summed E-state index contributed by atoms with van der Waals surface area (Å²) in [5.41, 5.74) is 2.14. The number of anilines is 2. The maximum Gasteiger partial charge on any atom is 0.250 e. The van der Waals surface area contributed by atoms with Gasteiger partial charge in [-0.3, -0.25) is 19.3 Å². The summed E-state index contributed by atoms with van der Waals surface area (Å²) < 4.78 is 0. The molecule has 32 heavy (non-hydrogen) atoms. The fraction of sp³-hybridized carbons (Fsp3) is 0.375. The Kier molecular flexibility index (Phi) is 4.15. The molecule has 2 aromatic rings. The quantitative estimate of drug-likeness (QED) is 0.639. The van der Waals surface area contributed by atoms with E-state index in [1.165, 1.54) is 4.90 Å². The zero-order valence-corrected chi connectivity index (χ0v) is 19.1. The van der Waals surface area contributed by atoms with E-state index in [1.807, 2.05) is 13.0 Å². The maximum atomic E-state index is 14.0. The number of nitrogens with one attached hydrogen (secondary N) is 1. The Balaban J connectivity index is 1.58. The van der Waals surface area contributed by atoms with Crippen LogP contribution in [0.4, 0.5) is 11.4 Å². The smallest absolute Gasteiger partial charge is 0.250 e. The summed E-state index contributed by atoms with van der Waals surface area (Å²) in [6, 6.07) is 8.67. The summed E-state index contributed by atoms with van der Waals surface area (Å²) >= 11 is 12.6. The number of rotatable bonds is 1. The van der Waals surface area contributed by atoms with Gasteiger partial charge < -0.3 is 5.32 Å². The van der Waals surface area contributed by atoms with Crippen molar-refractivity contribution in [2.45, 2.75) is 38.3 Å². The topological polar surface area (TPSA) is 69.7 Å². The van der Waals surface area contributed by atoms with E-state index in [0.29, 0.717) is 33.5 Å². The second-order valence-electron chi connectivity index (χ2n) is 9.12. The van der Waals surface area contributed by atoms with Crippen molar-refractivity contribution in [3.63, 3.8) is 0 Å². The van der Waals surface area contributed by atoms with Crippen LogP contribution < -0.4 is 10.2 Å². The summed E-state index contributed by atoms with van der Waals surface area (Å²) in [5, 5.41) is 4.05. The minimum absolute atomic E-state index is 0.159. The lowest BCUT2D eigenvalue weighted by atomic mass is 9.75. The lowest BCUT2D eigenvalue weighted by Crippen LogP contribution is -2.54. The number of fused-ring (bicyclic) bond motifs is 7. The molecule has 164 valence electrons. The number of benzene rings is 2. The minimum atomic E-state index is -1.20. The van der Waals surface area contributed by atoms with E-state index >= 15 is 0 Å². The summed E-state index contributed by atoms with van der Waals surface area (Å²) in [4.78, 5) is 44.8. The SMILES string of the molecule is Cc1c(Cl)cccc1N1C(=O)[C@H]2[C@H]3CCCN3[C@]3(C(=O)Nc4c3ccc(Cl)c4C)[C@@H]2C1=O. The highest BCUT2D eigenvalue weighted by Gasteiger charge is 2.74. The third kappa shape index (κ3) is 2.18. The first-order valence-corrected chi connectivity index (χ1v) is 11.6. The average Bonchev–Trinajstić information content (AvgIpc) is 3.46. The van der Waals surface area contributed by atoms with Crippen molar-refractivity contribution in [1.82, 2.24) is 4.90 Å². The molecule has 6 nitrogen and oxygen atoms in total. The molecule has 0 unspecified atom stereocenters. The second kappa shape index (κ2) is 6.56. The van der Waals surface area contributed by atoms with E-state index in [4.69, 9.17) is 23.2 Å². The van der Waals surface area contributed by atoms with E-state index in [1.54, 1.807) is 31.2 Å². The van der Waals surface area contributed by atoms with Crippen LogP contribution >= 0.6 is 23.2 Å². The van der Waals surface area contributed by atoms with Crippen molar-refractivity contribution < 1.29 is 14.4 Å². The van der Waals surface area contributed by atoms with Crippen molar-refractivity contribution >= 4 is 52.3 Å². The predicted octanol–water partition coefficient (Wildman–Crippen LogP) is 4.04. The largest absolute Gasteiger partial charge is 0.324 e. The van der Waals surface area contributed by atoms with Gasteiger partial charge in [-0.2, -0.15) is 0 Å². The first-order valence-electron chi connectivity index (χ1n) is 10.8. The standard InChI is InChI=1S/C24H21Cl2N3O3/c1-11-14(25)5-3-6-16(11)29-21(30)18-17-7-4-10-28(17)24(19(18)22(29)31)13-8-9-15(26)12(2)20(13)27-23(24)32/h3,5-6,8-9,17-19H,4,7,10H2,1-2H3,(H,27,32)/t17-,18+,19+,24+/m1/s1. The van der Waals surface area contributed by atoms with Crippen LogP contribution in [-0.2, 0) is 19.9 Å². The molecular formula is C24H21Cl2N3O3. The Bertz CT molecular complexity index is 1250. The third-order valence-electron chi connectivity index (χ3n) is 7.84. The molecule has 3 fully saturated rings. The monoisotopic (exact) mass is 469 g/mol. The Labute approximate surface area is 195 Å². The van der Waals surface area contributed by atoms with Gasteiger partial charge in [0.15, 0.2) is 0 Å². The van der Waals surface area contributed by atoms with Gasteiger partial charge in [0.2, 0.25) is 17.7 Å². The molecule has 4 atom stereocenters. The van der Waals surface area contributed by atoms with Crippen LogP contribution in [0.5, 0.6) is 0 Å². The van der Waals surface area contributed by atoms with Gasteiger partial charge in [0.05, 0.1) is 23.2 Å². The Morgan fingerprint density at radius 1 is 1.00 bits per heavy atom. The van der Waals surface area contributed by atoms with E-state index < -0.39 is 17.4 Å². The first-order chi connectivity index (χ1) is 15.3. The molecule has 6 rings (SSSR count). The molecule has 4 aliphatic heterocycles. The van der Waals surface area contributed by atoms with Gasteiger partial charge >= 0.3 is 0 Å². The molecule has 1 N–H and O–H groups in total. The molecule has 1 spiro atoms. The molecule has 4 heterocycles. The number of hydrogen-bond donors (Lipinski definition) is 1. The number of imide groups is 1. The summed E-state index contributed by atoms with van der Waals surface area (Å²) in [7, 11) is 0. The van der Waals surface area contributed by atoms with Crippen molar-refractivity contribution in [3.8, 4) is 0 Å². The minimum Gasteiger partial charge on any atom is -0.324 e. The van der Waals surface area contributed by atoms with Crippen LogP contribution in [0.25, 0.3) is 0 Å². The molecule has 0 aromatic heterocycles. The fourth-order valence-corrected chi connectivity index (χ4v) is 6.79. The van der Waals surface area contributed by atoms with Crippen LogP contribution in [0.3, 0.4) is 0 Å². The van der Waals surface area contributed by atoms with E-state index in [9.17, 15) is 14.4 Å². The Hall–Kier alpha value is -2.41. The highest BCUT2D eigenvalue weighted by molar-refractivity contribution is 6.33. The first kappa shape index (κ1) is 20.2. The zero-order chi connectivity index (χ0) is 22.5. The van der Waals surface area contributed by atoms with E-state index in [2.05, 4.69) is 10.2 Å². The lowest BCUT2D eigenvalue weighted by Gasteiger charge is -2.36. The molecule has 0 radical (unpaired) electrons. The summed E-state index contributed by atoms with van der Waals surface area (Å²) in [6.45, 7) is 4.33. The van der Waals surface area contributed by atoms with E-state index in [-0.39, 0.29) is 23.8 Å². The van der Waals surface area contributed by atoms with Gasteiger partial charge in [-0.1, -0.05) is 35.3 Å². The molecule has 0 aliphatic carbocycles. The van der Waals surface area contributed by atoms with Crippen molar-refractivity contribution in [1.29, 1.82) is 0 Å². The zero-order valence-electron chi connectivity index (χ0n) is 17.6. The van der Waals surface area contributed by atoms with E-state index in [0.717, 1.165) is 24.0 Å². The fourth-order valence-electron chi connectivity index (χ4n) is 6.47. The molecule has 0 saturated carbocycles. The predicted molar refractivity (Wildman–Crippen MR) is 122 cm³/mol. The van der Waals surface area contributed by atoms with Crippen LogP contribution in [0.15, 0.2) is 30.3 Å². The molecule has 8 heteroatoms. The molecule has 4 aliphatic rings. The van der Waals surface area contributed by atoms with Crippen LogP contribution in [0, 0.1) is 25.7 Å².